The molecule has 1 aliphatic heterocycles. The maximum Gasteiger partial charge on any atom is 0.306 e. The summed E-state index contributed by atoms with van der Waals surface area (Å²) in [4.78, 5) is 54.8. The zero-order valence-electron chi connectivity index (χ0n) is 21.2. The van der Waals surface area contributed by atoms with Gasteiger partial charge in [-0.05, 0) is 49.0 Å². The second-order valence-electron chi connectivity index (χ2n) is 10.8. The van der Waals surface area contributed by atoms with Crippen LogP contribution in [-0.2, 0) is 19.2 Å². The topological polar surface area (TPSA) is 91.8 Å². The van der Waals surface area contributed by atoms with E-state index in [1.54, 1.807) is 6.92 Å². The number of nitrogens with zero attached hydrogens (tertiary/aromatic N) is 1. The molecule has 0 aromatic heterocycles. The Morgan fingerprint density at radius 3 is 2.03 bits per heavy atom. The lowest BCUT2D eigenvalue weighted by Crippen LogP contribution is -2.50. The molecule has 37 heavy (non-hydrogen) atoms. The first-order chi connectivity index (χ1) is 17.5. The summed E-state index contributed by atoms with van der Waals surface area (Å²) >= 11 is 3.75. The minimum atomic E-state index is -1.39. The van der Waals surface area contributed by atoms with E-state index in [0.717, 1.165) is 22.3 Å². The molecule has 0 radical (unpaired) electrons. The quantitative estimate of drug-likeness (QED) is 0.270. The van der Waals surface area contributed by atoms with Crippen LogP contribution in [0.3, 0.4) is 0 Å². The van der Waals surface area contributed by atoms with Gasteiger partial charge in [-0.25, -0.2) is 0 Å². The molecule has 5 atom stereocenters. The fourth-order valence-corrected chi connectivity index (χ4v) is 8.16. The second-order valence-corrected chi connectivity index (χ2v) is 12.1. The number of likely N-dealkylation sites (tertiary alicyclic amines) is 1. The number of unbranched alkanes of at least 4 members (excludes halogenated alkanes) is 1. The smallest absolute Gasteiger partial charge is 0.306 e. The Morgan fingerprint density at radius 1 is 0.946 bits per heavy atom. The minimum absolute atomic E-state index is 0.115. The minimum Gasteiger partial charge on any atom is -0.481 e. The summed E-state index contributed by atoms with van der Waals surface area (Å²) in [7, 11) is 0. The summed E-state index contributed by atoms with van der Waals surface area (Å²) in [5.41, 5.74) is 0.891. The molecule has 1 heterocycles. The molecule has 1 saturated heterocycles. The number of fused-ring (bicyclic) bond motifs is 5. The number of amides is 2. The molecule has 3 aliphatic rings. The molecule has 0 spiro atoms. The molecule has 6 nitrogen and oxygen atoms in total. The number of benzene rings is 2. The van der Waals surface area contributed by atoms with E-state index in [2.05, 4.69) is 15.9 Å². The van der Waals surface area contributed by atoms with Gasteiger partial charge in [0.1, 0.15) is 4.32 Å². The summed E-state index contributed by atoms with van der Waals surface area (Å²) in [6.45, 7) is 5.49. The van der Waals surface area contributed by atoms with Crippen LogP contribution >= 0.6 is 15.9 Å². The van der Waals surface area contributed by atoms with Gasteiger partial charge < -0.3 is 5.11 Å². The Bertz CT molecular complexity index is 1340. The number of Topliss-reactive ketones (excluding diaryl/α,β-unsaturated/α-hetero) is 1. The molecule has 2 aliphatic carbocycles. The molecule has 4 unspecified atom stereocenters. The van der Waals surface area contributed by atoms with E-state index in [9.17, 15) is 19.2 Å². The molecule has 2 aromatic carbocycles. The average molecular weight is 564 g/mol. The lowest BCUT2D eigenvalue weighted by Gasteiger charge is -2.41. The molecular weight excluding hydrogens is 534 g/mol. The van der Waals surface area contributed by atoms with Crippen LogP contribution in [0.15, 0.2) is 60.7 Å². The molecule has 7 heteroatoms. The number of aliphatic carboxylic acids is 1. The van der Waals surface area contributed by atoms with Gasteiger partial charge in [0.2, 0.25) is 11.8 Å². The fraction of sp³-hybridized carbons (Fsp3) is 0.400. The number of hydrogen-bond donors (Lipinski definition) is 1. The second kappa shape index (κ2) is 8.76. The van der Waals surface area contributed by atoms with Crippen LogP contribution in [0.1, 0.15) is 51.2 Å². The number of carbonyl (C=O) groups excluding carboxylic acids is 3. The van der Waals surface area contributed by atoms with E-state index in [4.69, 9.17) is 5.11 Å². The highest BCUT2D eigenvalue weighted by molar-refractivity contribution is 9.10. The molecular formula is C30H30BrNO5. The third-order valence-corrected chi connectivity index (χ3v) is 10.4. The number of carboxylic acid groups (broad SMARTS) is 1. The van der Waals surface area contributed by atoms with Crippen molar-refractivity contribution in [3.05, 3.63) is 71.8 Å². The zero-order chi connectivity index (χ0) is 26.8. The summed E-state index contributed by atoms with van der Waals surface area (Å²) < 4.78 is -1.39. The van der Waals surface area contributed by atoms with Gasteiger partial charge in [0.05, 0.1) is 22.7 Å². The van der Waals surface area contributed by atoms with E-state index in [-0.39, 0.29) is 24.1 Å². The predicted octanol–water partition coefficient (Wildman–Crippen LogP) is 5.22. The van der Waals surface area contributed by atoms with Crippen molar-refractivity contribution in [1.29, 1.82) is 0 Å². The number of carbonyl (C=O) groups is 4. The summed E-state index contributed by atoms with van der Waals surface area (Å²) in [6, 6.07) is 19.3. The number of ketones is 1. The van der Waals surface area contributed by atoms with Crippen molar-refractivity contribution in [3.63, 3.8) is 0 Å². The standard InChI is InChI=1S/C30H30BrNO5/c1-18(25(34)35)12-10-11-17-32-24(33)23-28(2)21(19-13-6-4-7-14-19)22(20-15-8-5-9-16-20)29(3,26(28)36)30(23,31)27(32)37/h4-9,13-16,18,23H,10-12,17H2,1-3H3,(H,34,35)/t18-,23?,28?,29?,30?/m0/s1. The molecule has 5 rings (SSSR count). The van der Waals surface area contributed by atoms with Gasteiger partial charge in [-0.1, -0.05) is 89.9 Å². The molecule has 1 saturated carbocycles. The molecule has 2 amide bonds. The van der Waals surface area contributed by atoms with Crippen LogP contribution < -0.4 is 0 Å². The van der Waals surface area contributed by atoms with Crippen molar-refractivity contribution >= 4 is 50.6 Å². The van der Waals surface area contributed by atoms with E-state index in [1.165, 1.54) is 4.90 Å². The number of rotatable bonds is 8. The normalized spacial score (nSPS) is 31.3. The van der Waals surface area contributed by atoms with Gasteiger partial charge in [-0.2, -0.15) is 0 Å². The van der Waals surface area contributed by atoms with Crippen molar-refractivity contribution in [3.8, 4) is 0 Å². The van der Waals surface area contributed by atoms with Gasteiger partial charge in [0.25, 0.3) is 0 Å². The van der Waals surface area contributed by atoms with Crippen molar-refractivity contribution in [2.45, 2.75) is 44.4 Å². The number of allylic oxidation sites excluding steroid dienone is 2. The van der Waals surface area contributed by atoms with Crippen LogP contribution in [0, 0.1) is 22.7 Å². The summed E-state index contributed by atoms with van der Waals surface area (Å²) in [5, 5.41) is 9.14. The highest BCUT2D eigenvalue weighted by Crippen LogP contribution is 2.77. The number of imide groups is 1. The van der Waals surface area contributed by atoms with Crippen LogP contribution in [0.25, 0.3) is 11.1 Å². The maximum absolute atomic E-state index is 14.3. The molecule has 2 aromatic rings. The molecule has 192 valence electrons. The van der Waals surface area contributed by atoms with E-state index in [1.807, 2.05) is 74.5 Å². The monoisotopic (exact) mass is 563 g/mol. The van der Waals surface area contributed by atoms with Crippen LogP contribution in [0.2, 0.25) is 0 Å². The summed E-state index contributed by atoms with van der Waals surface area (Å²) in [6.07, 6.45) is 1.57. The fourth-order valence-electron chi connectivity index (χ4n) is 6.91. The zero-order valence-corrected chi connectivity index (χ0v) is 22.7. The van der Waals surface area contributed by atoms with Crippen molar-refractivity contribution in [1.82, 2.24) is 4.90 Å². The Labute approximate surface area is 224 Å². The van der Waals surface area contributed by atoms with Gasteiger partial charge >= 0.3 is 5.97 Å². The first-order valence-electron chi connectivity index (χ1n) is 12.7. The van der Waals surface area contributed by atoms with Crippen molar-refractivity contribution < 1.29 is 24.3 Å². The SMILES string of the molecule is C[C@@H](CCCCN1C(=O)C2C3(C)C(=O)C(C)(C(c4ccccc4)=C3c3ccccc3)C2(Br)C1=O)C(=O)O. The largest absolute Gasteiger partial charge is 0.481 e. The third kappa shape index (κ3) is 3.22. The van der Waals surface area contributed by atoms with Gasteiger partial charge in [0, 0.05) is 6.54 Å². The van der Waals surface area contributed by atoms with Crippen molar-refractivity contribution in [2.24, 2.45) is 22.7 Å². The maximum atomic E-state index is 14.3. The van der Waals surface area contributed by atoms with Crippen LogP contribution in [0.5, 0.6) is 0 Å². The van der Waals surface area contributed by atoms with Gasteiger partial charge in [-0.15, -0.1) is 0 Å². The Hall–Kier alpha value is -3.06. The molecule has 2 bridgehead atoms. The predicted molar refractivity (Wildman–Crippen MR) is 143 cm³/mol. The lowest BCUT2D eigenvalue weighted by molar-refractivity contribution is -0.145. The van der Waals surface area contributed by atoms with E-state index in [0.29, 0.717) is 19.3 Å². The highest BCUT2D eigenvalue weighted by atomic mass is 79.9. The number of halogens is 1. The molecule has 2 fully saturated rings. The van der Waals surface area contributed by atoms with Gasteiger partial charge in [-0.3, -0.25) is 24.1 Å². The lowest BCUT2D eigenvalue weighted by atomic mass is 9.63. The van der Waals surface area contributed by atoms with Crippen LogP contribution in [-0.4, -0.2) is 44.4 Å². The Morgan fingerprint density at radius 2 is 1.49 bits per heavy atom. The van der Waals surface area contributed by atoms with E-state index < -0.39 is 33.0 Å². The van der Waals surface area contributed by atoms with E-state index >= 15 is 0 Å². The van der Waals surface area contributed by atoms with Crippen molar-refractivity contribution in [2.75, 3.05) is 6.54 Å². The number of alkyl halides is 1. The number of carboxylic acids is 1. The number of hydrogen-bond acceptors (Lipinski definition) is 4. The van der Waals surface area contributed by atoms with Gasteiger partial charge in [0.15, 0.2) is 5.78 Å². The first-order valence-corrected chi connectivity index (χ1v) is 13.5. The Kier molecular flexibility index (Phi) is 6.06. The molecule has 1 N–H and O–H groups in total. The average Bonchev–Trinajstić information content (AvgIpc) is 3.27. The first kappa shape index (κ1) is 25.6. The third-order valence-electron chi connectivity index (χ3n) is 8.78. The summed E-state index contributed by atoms with van der Waals surface area (Å²) in [5.74, 6) is -3.04. The Balaban J connectivity index is 1.60. The van der Waals surface area contributed by atoms with Crippen LogP contribution in [0.4, 0.5) is 0 Å². The highest BCUT2D eigenvalue weighted by Gasteiger charge is 2.85.